The lowest BCUT2D eigenvalue weighted by atomic mass is 10.0. The first-order valence-corrected chi connectivity index (χ1v) is 7.77. The summed E-state index contributed by atoms with van der Waals surface area (Å²) in [5.74, 6) is 0.688. The van der Waals surface area contributed by atoms with Crippen molar-refractivity contribution in [1.29, 1.82) is 0 Å². The second-order valence-electron chi connectivity index (χ2n) is 6.14. The van der Waals surface area contributed by atoms with Gasteiger partial charge in [-0.3, -0.25) is 4.90 Å². The van der Waals surface area contributed by atoms with Crippen molar-refractivity contribution >= 4 is 0 Å². The smallest absolute Gasteiger partial charge is 0.0620 e. The summed E-state index contributed by atoms with van der Waals surface area (Å²) < 4.78 is 5.58. The standard InChI is InChI=1S/C17H28N2O/c1-14(2)11-18-12-17(16-7-5-4-6-8-16)19-9-10-20-13-15(19)3/h4-8,14-15,17-18H,9-13H2,1-3H3. The van der Waals surface area contributed by atoms with E-state index in [1.165, 1.54) is 5.56 Å². The van der Waals surface area contributed by atoms with Crippen LogP contribution in [-0.2, 0) is 4.74 Å². The summed E-state index contributed by atoms with van der Waals surface area (Å²) >= 11 is 0. The van der Waals surface area contributed by atoms with E-state index in [4.69, 9.17) is 4.74 Å². The molecule has 3 heteroatoms. The molecule has 2 unspecified atom stereocenters. The zero-order chi connectivity index (χ0) is 14.4. The van der Waals surface area contributed by atoms with Gasteiger partial charge in [-0.15, -0.1) is 0 Å². The van der Waals surface area contributed by atoms with Gasteiger partial charge in [-0.1, -0.05) is 44.2 Å². The van der Waals surface area contributed by atoms with Gasteiger partial charge in [-0.25, -0.2) is 0 Å². The molecule has 1 aliphatic rings. The zero-order valence-corrected chi connectivity index (χ0v) is 13.0. The molecule has 0 amide bonds. The molecule has 1 aliphatic heterocycles. The molecule has 1 fully saturated rings. The van der Waals surface area contributed by atoms with E-state index in [0.717, 1.165) is 32.8 Å². The van der Waals surface area contributed by atoms with Gasteiger partial charge in [-0.2, -0.15) is 0 Å². The van der Waals surface area contributed by atoms with Crippen LogP contribution >= 0.6 is 0 Å². The largest absolute Gasteiger partial charge is 0.379 e. The van der Waals surface area contributed by atoms with Crippen LogP contribution in [0.2, 0.25) is 0 Å². The molecule has 0 spiro atoms. The molecule has 3 nitrogen and oxygen atoms in total. The van der Waals surface area contributed by atoms with E-state index in [9.17, 15) is 0 Å². The molecule has 20 heavy (non-hydrogen) atoms. The molecule has 2 atom stereocenters. The van der Waals surface area contributed by atoms with Gasteiger partial charge in [0, 0.05) is 25.2 Å². The average Bonchev–Trinajstić information content (AvgIpc) is 2.45. The lowest BCUT2D eigenvalue weighted by Crippen LogP contribution is -2.48. The number of ether oxygens (including phenoxy) is 1. The second kappa shape index (κ2) is 7.77. The quantitative estimate of drug-likeness (QED) is 0.864. The van der Waals surface area contributed by atoms with E-state index in [1.54, 1.807) is 0 Å². The molecule has 1 aromatic carbocycles. The Hall–Kier alpha value is -0.900. The van der Waals surface area contributed by atoms with Crippen molar-refractivity contribution in [3.8, 4) is 0 Å². The minimum absolute atomic E-state index is 0.439. The van der Waals surface area contributed by atoms with Gasteiger partial charge in [0.25, 0.3) is 0 Å². The van der Waals surface area contributed by atoms with Crippen molar-refractivity contribution < 1.29 is 4.74 Å². The molecular weight excluding hydrogens is 248 g/mol. The molecule has 2 rings (SSSR count). The number of benzene rings is 1. The van der Waals surface area contributed by atoms with Gasteiger partial charge in [-0.05, 0) is 24.9 Å². The lowest BCUT2D eigenvalue weighted by Gasteiger charge is -2.40. The molecule has 0 bridgehead atoms. The third kappa shape index (κ3) is 4.30. The zero-order valence-electron chi connectivity index (χ0n) is 13.0. The van der Waals surface area contributed by atoms with Gasteiger partial charge in [0.2, 0.25) is 0 Å². The lowest BCUT2D eigenvalue weighted by molar-refractivity contribution is -0.0225. The topological polar surface area (TPSA) is 24.5 Å². The van der Waals surface area contributed by atoms with E-state index in [1.807, 2.05) is 0 Å². The van der Waals surface area contributed by atoms with Gasteiger partial charge in [0.15, 0.2) is 0 Å². The van der Waals surface area contributed by atoms with Crippen LogP contribution in [0.5, 0.6) is 0 Å². The Morgan fingerprint density at radius 3 is 2.65 bits per heavy atom. The molecule has 1 saturated heterocycles. The minimum Gasteiger partial charge on any atom is -0.379 e. The van der Waals surface area contributed by atoms with E-state index >= 15 is 0 Å². The molecule has 1 N–H and O–H groups in total. The Morgan fingerprint density at radius 1 is 1.25 bits per heavy atom. The fourth-order valence-corrected chi connectivity index (χ4v) is 2.81. The van der Waals surface area contributed by atoms with Crippen LogP contribution in [0.15, 0.2) is 30.3 Å². The highest BCUT2D eigenvalue weighted by Gasteiger charge is 2.27. The van der Waals surface area contributed by atoms with E-state index in [0.29, 0.717) is 18.0 Å². The summed E-state index contributed by atoms with van der Waals surface area (Å²) in [6, 6.07) is 11.8. The first kappa shape index (κ1) is 15.5. The van der Waals surface area contributed by atoms with Gasteiger partial charge in [0.05, 0.1) is 13.2 Å². The van der Waals surface area contributed by atoms with Crippen molar-refractivity contribution in [2.75, 3.05) is 32.8 Å². The van der Waals surface area contributed by atoms with Crippen LogP contribution in [-0.4, -0.2) is 43.8 Å². The van der Waals surface area contributed by atoms with Crippen molar-refractivity contribution in [1.82, 2.24) is 10.2 Å². The maximum Gasteiger partial charge on any atom is 0.0620 e. The van der Waals surface area contributed by atoms with Crippen molar-refractivity contribution in [3.63, 3.8) is 0 Å². The summed E-state index contributed by atoms with van der Waals surface area (Å²) in [6.07, 6.45) is 0. The second-order valence-corrected chi connectivity index (χ2v) is 6.14. The van der Waals surface area contributed by atoms with E-state index in [2.05, 4.69) is 61.3 Å². The van der Waals surface area contributed by atoms with Gasteiger partial charge in [0.1, 0.15) is 0 Å². The average molecular weight is 276 g/mol. The monoisotopic (exact) mass is 276 g/mol. The molecule has 0 saturated carbocycles. The van der Waals surface area contributed by atoms with Crippen molar-refractivity contribution in [2.45, 2.75) is 32.9 Å². The first-order valence-electron chi connectivity index (χ1n) is 7.77. The Kier molecular flexibility index (Phi) is 6.02. The van der Waals surface area contributed by atoms with Crippen LogP contribution in [0.1, 0.15) is 32.4 Å². The van der Waals surface area contributed by atoms with Crippen molar-refractivity contribution in [3.05, 3.63) is 35.9 Å². The highest BCUT2D eigenvalue weighted by atomic mass is 16.5. The molecule has 1 heterocycles. The van der Waals surface area contributed by atoms with E-state index in [-0.39, 0.29) is 0 Å². The number of nitrogens with zero attached hydrogens (tertiary/aromatic N) is 1. The summed E-state index contributed by atoms with van der Waals surface area (Å²) in [7, 11) is 0. The number of hydrogen-bond acceptors (Lipinski definition) is 3. The maximum atomic E-state index is 5.58. The summed E-state index contributed by atoms with van der Waals surface area (Å²) in [6.45, 7) is 11.5. The minimum atomic E-state index is 0.439. The highest BCUT2D eigenvalue weighted by molar-refractivity contribution is 5.20. The Balaban J connectivity index is 2.07. The molecule has 0 aliphatic carbocycles. The van der Waals surface area contributed by atoms with Gasteiger partial charge < -0.3 is 10.1 Å². The molecule has 0 aromatic heterocycles. The van der Waals surface area contributed by atoms with Crippen molar-refractivity contribution in [2.24, 2.45) is 5.92 Å². The molecule has 1 aromatic rings. The Morgan fingerprint density at radius 2 is 2.00 bits per heavy atom. The number of rotatable bonds is 6. The SMILES string of the molecule is CC(C)CNCC(c1ccccc1)N1CCOCC1C. The molecular formula is C17H28N2O. The predicted molar refractivity (Wildman–Crippen MR) is 83.9 cm³/mol. The third-order valence-corrected chi connectivity index (χ3v) is 3.89. The molecule has 112 valence electrons. The van der Waals surface area contributed by atoms with Crippen LogP contribution in [0.25, 0.3) is 0 Å². The Bertz CT molecular complexity index is 380. The number of hydrogen-bond donors (Lipinski definition) is 1. The summed E-state index contributed by atoms with van der Waals surface area (Å²) in [5, 5.41) is 3.62. The number of morpholine rings is 1. The fraction of sp³-hybridized carbons (Fsp3) is 0.647. The summed E-state index contributed by atoms with van der Waals surface area (Å²) in [4.78, 5) is 2.58. The normalized spacial score (nSPS) is 22.1. The fourth-order valence-electron chi connectivity index (χ4n) is 2.81. The van der Waals surface area contributed by atoms with E-state index < -0.39 is 0 Å². The van der Waals surface area contributed by atoms with Gasteiger partial charge >= 0.3 is 0 Å². The third-order valence-electron chi connectivity index (χ3n) is 3.89. The van der Waals surface area contributed by atoms with Crippen LogP contribution in [0.3, 0.4) is 0 Å². The molecule has 0 radical (unpaired) electrons. The van der Waals surface area contributed by atoms with Crippen LogP contribution in [0.4, 0.5) is 0 Å². The maximum absolute atomic E-state index is 5.58. The predicted octanol–water partition coefficient (Wildman–Crippen LogP) is 2.69. The first-order chi connectivity index (χ1) is 9.68. The Labute approximate surface area is 123 Å². The van der Waals surface area contributed by atoms with Crippen LogP contribution in [0, 0.1) is 5.92 Å². The van der Waals surface area contributed by atoms with Crippen LogP contribution < -0.4 is 5.32 Å². The highest BCUT2D eigenvalue weighted by Crippen LogP contribution is 2.24. The number of nitrogens with one attached hydrogen (secondary N) is 1. The summed E-state index contributed by atoms with van der Waals surface area (Å²) in [5.41, 5.74) is 1.40.